The smallest absolute Gasteiger partial charge is 0.280 e. The SMILES string of the molecule is O=C(c1cn(-c2ccccc2)nn1)N(Cc1ccccn1)c1ccc(F)cc1. The third-order valence-electron chi connectivity index (χ3n) is 4.16. The molecule has 138 valence electrons. The molecule has 0 spiro atoms. The van der Waals surface area contributed by atoms with E-state index in [1.165, 1.54) is 21.7 Å². The second-order valence-electron chi connectivity index (χ2n) is 6.07. The van der Waals surface area contributed by atoms with Crippen LogP contribution < -0.4 is 4.90 Å². The molecule has 0 saturated heterocycles. The highest BCUT2D eigenvalue weighted by Gasteiger charge is 2.22. The largest absolute Gasteiger partial charge is 0.301 e. The van der Waals surface area contributed by atoms with E-state index in [0.717, 1.165) is 5.69 Å². The fourth-order valence-corrected chi connectivity index (χ4v) is 2.76. The number of nitrogens with zero attached hydrogens (tertiary/aromatic N) is 5. The van der Waals surface area contributed by atoms with Gasteiger partial charge >= 0.3 is 0 Å². The molecule has 2 aromatic heterocycles. The molecule has 0 saturated carbocycles. The second kappa shape index (κ2) is 7.79. The van der Waals surface area contributed by atoms with Crippen molar-refractivity contribution in [3.63, 3.8) is 0 Å². The fraction of sp³-hybridized carbons (Fsp3) is 0.0476. The number of hydrogen-bond donors (Lipinski definition) is 0. The van der Waals surface area contributed by atoms with Crippen LogP contribution in [0.15, 0.2) is 85.2 Å². The maximum Gasteiger partial charge on any atom is 0.280 e. The van der Waals surface area contributed by atoms with Crippen molar-refractivity contribution in [3.8, 4) is 5.69 Å². The molecule has 0 unspecified atom stereocenters. The molecule has 0 N–H and O–H groups in total. The summed E-state index contributed by atoms with van der Waals surface area (Å²) >= 11 is 0. The number of aromatic nitrogens is 4. The number of carbonyl (C=O) groups excluding carboxylic acids is 1. The minimum Gasteiger partial charge on any atom is -0.301 e. The van der Waals surface area contributed by atoms with Crippen molar-refractivity contribution < 1.29 is 9.18 Å². The Labute approximate surface area is 160 Å². The van der Waals surface area contributed by atoms with Gasteiger partial charge < -0.3 is 4.90 Å². The van der Waals surface area contributed by atoms with Crippen molar-refractivity contribution in [1.82, 2.24) is 20.0 Å². The van der Waals surface area contributed by atoms with E-state index in [4.69, 9.17) is 0 Å². The predicted molar refractivity (Wildman–Crippen MR) is 103 cm³/mol. The van der Waals surface area contributed by atoms with Crippen molar-refractivity contribution in [1.29, 1.82) is 0 Å². The van der Waals surface area contributed by atoms with Gasteiger partial charge in [0.2, 0.25) is 0 Å². The number of benzene rings is 2. The minimum absolute atomic E-state index is 0.184. The van der Waals surface area contributed by atoms with Crippen LogP contribution >= 0.6 is 0 Å². The van der Waals surface area contributed by atoms with Crippen molar-refractivity contribution in [2.45, 2.75) is 6.54 Å². The Morgan fingerprint density at radius 2 is 1.71 bits per heavy atom. The molecule has 0 aliphatic carbocycles. The van der Waals surface area contributed by atoms with E-state index in [1.807, 2.05) is 42.5 Å². The maximum absolute atomic E-state index is 13.4. The average Bonchev–Trinajstić information content (AvgIpc) is 3.24. The minimum atomic E-state index is -0.371. The van der Waals surface area contributed by atoms with Gasteiger partial charge in [-0.3, -0.25) is 9.78 Å². The van der Waals surface area contributed by atoms with E-state index in [9.17, 15) is 9.18 Å². The summed E-state index contributed by atoms with van der Waals surface area (Å²) in [6.45, 7) is 0.226. The Hall–Kier alpha value is -3.87. The summed E-state index contributed by atoms with van der Waals surface area (Å²) in [5, 5.41) is 8.07. The van der Waals surface area contributed by atoms with Gasteiger partial charge in [0.05, 0.1) is 24.1 Å². The zero-order valence-corrected chi connectivity index (χ0v) is 14.8. The summed E-state index contributed by atoms with van der Waals surface area (Å²) in [5.74, 6) is -0.719. The van der Waals surface area contributed by atoms with Crippen molar-refractivity contribution in [2.24, 2.45) is 0 Å². The van der Waals surface area contributed by atoms with E-state index in [-0.39, 0.29) is 24.0 Å². The number of carbonyl (C=O) groups is 1. The van der Waals surface area contributed by atoms with Crippen LogP contribution in [0.5, 0.6) is 0 Å². The van der Waals surface area contributed by atoms with E-state index in [2.05, 4.69) is 15.3 Å². The zero-order chi connectivity index (χ0) is 19.3. The van der Waals surface area contributed by atoms with Crippen molar-refractivity contribution in [3.05, 3.63) is 102 Å². The van der Waals surface area contributed by atoms with Gasteiger partial charge in [-0.25, -0.2) is 9.07 Å². The van der Waals surface area contributed by atoms with Gasteiger partial charge in [0.1, 0.15) is 5.82 Å². The summed E-state index contributed by atoms with van der Waals surface area (Å²) < 4.78 is 14.9. The van der Waals surface area contributed by atoms with E-state index < -0.39 is 0 Å². The van der Waals surface area contributed by atoms with Gasteiger partial charge in [-0.05, 0) is 48.5 Å². The van der Waals surface area contributed by atoms with Crippen LogP contribution in [0.1, 0.15) is 16.2 Å². The van der Waals surface area contributed by atoms with Crippen LogP contribution in [0.4, 0.5) is 10.1 Å². The Balaban J connectivity index is 1.67. The molecule has 4 aromatic rings. The Kier molecular flexibility index (Phi) is 4.88. The first-order valence-electron chi connectivity index (χ1n) is 8.66. The molecule has 2 heterocycles. The molecular weight excluding hydrogens is 357 g/mol. The quantitative estimate of drug-likeness (QED) is 0.536. The molecule has 7 heteroatoms. The van der Waals surface area contributed by atoms with Crippen molar-refractivity contribution in [2.75, 3.05) is 4.90 Å². The predicted octanol–water partition coefficient (Wildman–Crippen LogP) is 3.65. The first-order valence-corrected chi connectivity index (χ1v) is 8.66. The number of rotatable bonds is 5. The summed E-state index contributed by atoms with van der Waals surface area (Å²) in [4.78, 5) is 19.0. The Morgan fingerprint density at radius 1 is 0.964 bits per heavy atom. The van der Waals surface area contributed by atoms with Gasteiger partial charge in [0.25, 0.3) is 5.91 Å². The number of para-hydroxylation sites is 1. The van der Waals surface area contributed by atoms with E-state index >= 15 is 0 Å². The molecule has 6 nitrogen and oxygen atoms in total. The zero-order valence-electron chi connectivity index (χ0n) is 14.8. The topological polar surface area (TPSA) is 63.9 Å². The Morgan fingerprint density at radius 3 is 2.43 bits per heavy atom. The summed E-state index contributed by atoms with van der Waals surface area (Å²) in [6.07, 6.45) is 3.24. The highest BCUT2D eigenvalue weighted by atomic mass is 19.1. The number of anilines is 1. The van der Waals surface area contributed by atoms with Gasteiger partial charge in [-0.15, -0.1) is 5.10 Å². The third-order valence-corrected chi connectivity index (χ3v) is 4.16. The second-order valence-corrected chi connectivity index (χ2v) is 6.07. The molecule has 0 fully saturated rings. The fourth-order valence-electron chi connectivity index (χ4n) is 2.76. The highest BCUT2D eigenvalue weighted by Crippen LogP contribution is 2.20. The van der Waals surface area contributed by atoms with Crippen LogP contribution in [0.25, 0.3) is 5.69 Å². The Bertz CT molecular complexity index is 1060. The average molecular weight is 373 g/mol. The lowest BCUT2D eigenvalue weighted by atomic mass is 10.2. The molecule has 0 bridgehead atoms. The molecule has 0 aliphatic rings. The molecule has 28 heavy (non-hydrogen) atoms. The van der Waals surface area contributed by atoms with Crippen LogP contribution in [0.2, 0.25) is 0 Å². The van der Waals surface area contributed by atoms with Gasteiger partial charge in [-0.1, -0.05) is 29.5 Å². The number of pyridine rings is 1. The molecule has 0 atom stereocenters. The van der Waals surface area contributed by atoms with Crippen LogP contribution in [0.3, 0.4) is 0 Å². The van der Waals surface area contributed by atoms with E-state index in [0.29, 0.717) is 11.4 Å². The molecular formula is C21H16FN5O. The molecule has 2 aromatic carbocycles. The number of hydrogen-bond acceptors (Lipinski definition) is 4. The lowest BCUT2D eigenvalue weighted by Gasteiger charge is -2.21. The lowest BCUT2D eigenvalue weighted by Crippen LogP contribution is -2.31. The summed E-state index contributed by atoms with van der Waals surface area (Å²) in [6, 6.07) is 20.6. The molecule has 1 amide bonds. The number of halogens is 1. The lowest BCUT2D eigenvalue weighted by molar-refractivity contribution is 0.0980. The highest BCUT2D eigenvalue weighted by molar-refractivity contribution is 6.04. The van der Waals surface area contributed by atoms with Gasteiger partial charge in [-0.2, -0.15) is 0 Å². The molecule has 0 aliphatic heterocycles. The first-order chi connectivity index (χ1) is 13.7. The molecule has 4 rings (SSSR count). The summed E-state index contributed by atoms with van der Waals surface area (Å²) in [5.41, 5.74) is 2.23. The van der Waals surface area contributed by atoms with E-state index in [1.54, 1.807) is 30.6 Å². The normalized spacial score (nSPS) is 10.6. The van der Waals surface area contributed by atoms with Gasteiger partial charge in [0, 0.05) is 11.9 Å². The third kappa shape index (κ3) is 3.78. The summed E-state index contributed by atoms with van der Waals surface area (Å²) in [7, 11) is 0. The maximum atomic E-state index is 13.4. The standard InChI is InChI=1S/C21H16FN5O/c22-16-9-11-18(12-10-16)26(14-17-6-4-5-13-23-17)21(28)20-15-27(25-24-20)19-7-2-1-3-8-19/h1-13,15H,14H2. The van der Waals surface area contributed by atoms with Crippen LogP contribution in [-0.4, -0.2) is 25.9 Å². The van der Waals surface area contributed by atoms with Crippen LogP contribution in [-0.2, 0) is 6.54 Å². The molecule has 0 radical (unpaired) electrons. The first kappa shape index (κ1) is 17.5. The monoisotopic (exact) mass is 373 g/mol. The van der Waals surface area contributed by atoms with Crippen LogP contribution in [0, 0.1) is 5.82 Å². The van der Waals surface area contributed by atoms with Crippen molar-refractivity contribution >= 4 is 11.6 Å². The van der Waals surface area contributed by atoms with Gasteiger partial charge in [0.15, 0.2) is 5.69 Å². The number of amides is 1.